The molecule has 2 aromatic rings. The van der Waals surface area contributed by atoms with Crippen LogP contribution in [0.4, 0.5) is 13.2 Å². The molecule has 0 saturated carbocycles. The highest BCUT2D eigenvalue weighted by molar-refractivity contribution is 7.89. The van der Waals surface area contributed by atoms with Gasteiger partial charge < -0.3 is 4.90 Å². The predicted octanol–water partition coefficient (Wildman–Crippen LogP) is 5.54. The molecule has 2 saturated heterocycles. The maximum absolute atomic E-state index is 13.5. The number of amides is 1. The fraction of sp³-hybridized carbons (Fsp3) is 0.480. The molecule has 0 aliphatic carbocycles. The lowest BCUT2D eigenvalue weighted by Crippen LogP contribution is -2.59. The van der Waals surface area contributed by atoms with E-state index in [0.717, 1.165) is 18.6 Å². The van der Waals surface area contributed by atoms with Crippen molar-refractivity contribution in [1.82, 2.24) is 14.5 Å². The summed E-state index contributed by atoms with van der Waals surface area (Å²) in [5, 5.41) is 3.51. The van der Waals surface area contributed by atoms with Crippen molar-refractivity contribution in [3.8, 4) is 0 Å². The van der Waals surface area contributed by atoms with Crippen LogP contribution in [0.5, 0.6) is 0 Å². The quantitative estimate of drug-likeness (QED) is 0.489. The van der Waals surface area contributed by atoms with Crippen molar-refractivity contribution in [3.63, 3.8) is 0 Å². The highest BCUT2D eigenvalue weighted by Crippen LogP contribution is 2.39. The van der Waals surface area contributed by atoms with Gasteiger partial charge in [-0.2, -0.15) is 17.5 Å². The molecule has 4 rings (SSSR count). The summed E-state index contributed by atoms with van der Waals surface area (Å²) in [5.74, 6) is -0.205. The predicted molar refractivity (Wildman–Crippen MR) is 136 cm³/mol. The molecule has 0 unspecified atom stereocenters. The highest BCUT2D eigenvalue weighted by Gasteiger charge is 2.53. The van der Waals surface area contributed by atoms with Crippen LogP contribution in [0, 0.1) is 5.92 Å². The van der Waals surface area contributed by atoms with E-state index in [1.165, 1.54) is 28.6 Å². The Morgan fingerprint density at radius 1 is 1.14 bits per heavy atom. The van der Waals surface area contributed by atoms with Crippen LogP contribution in [0.3, 0.4) is 0 Å². The highest BCUT2D eigenvalue weighted by atomic mass is 35.5. The van der Waals surface area contributed by atoms with E-state index in [2.05, 4.69) is 5.32 Å². The average molecular weight is 578 g/mol. The van der Waals surface area contributed by atoms with Crippen molar-refractivity contribution in [3.05, 3.63) is 63.6 Å². The first kappa shape index (κ1) is 28.2. The second-order valence-corrected chi connectivity index (χ2v) is 12.3. The fourth-order valence-electron chi connectivity index (χ4n) is 5.02. The third-order valence-electron chi connectivity index (χ3n) is 7.36. The lowest BCUT2D eigenvalue weighted by atomic mass is 9.96. The third kappa shape index (κ3) is 5.36. The van der Waals surface area contributed by atoms with Gasteiger partial charge in [-0.1, -0.05) is 61.7 Å². The zero-order chi connectivity index (χ0) is 27.2. The van der Waals surface area contributed by atoms with E-state index >= 15 is 0 Å². The number of hydrogen-bond donors (Lipinski definition) is 1. The monoisotopic (exact) mass is 577 g/mol. The van der Waals surface area contributed by atoms with Gasteiger partial charge in [-0.3, -0.25) is 10.1 Å². The van der Waals surface area contributed by atoms with Crippen LogP contribution in [0.2, 0.25) is 10.0 Å². The van der Waals surface area contributed by atoms with Crippen LogP contribution >= 0.6 is 23.2 Å². The van der Waals surface area contributed by atoms with Crippen LogP contribution in [-0.4, -0.2) is 48.3 Å². The normalized spacial score (nSPS) is 21.5. The zero-order valence-corrected chi connectivity index (χ0v) is 22.7. The molecule has 12 heteroatoms. The lowest BCUT2D eigenvalue weighted by Gasteiger charge is -2.44. The summed E-state index contributed by atoms with van der Waals surface area (Å²) >= 11 is 12.2. The number of sulfonamides is 1. The molecule has 1 spiro atoms. The maximum atomic E-state index is 13.5. The van der Waals surface area contributed by atoms with Gasteiger partial charge >= 0.3 is 6.18 Å². The Labute approximate surface area is 224 Å². The first-order chi connectivity index (χ1) is 17.3. The molecule has 2 atom stereocenters. The first-order valence-electron chi connectivity index (χ1n) is 12.0. The topological polar surface area (TPSA) is 69.7 Å². The van der Waals surface area contributed by atoms with Crippen molar-refractivity contribution in [2.45, 2.75) is 62.4 Å². The van der Waals surface area contributed by atoms with Gasteiger partial charge in [0, 0.05) is 19.6 Å². The maximum Gasteiger partial charge on any atom is 0.416 e. The van der Waals surface area contributed by atoms with Gasteiger partial charge in [0.25, 0.3) is 0 Å². The molecule has 2 aliphatic heterocycles. The van der Waals surface area contributed by atoms with Gasteiger partial charge in [0.2, 0.25) is 15.9 Å². The standard InChI is InChI=1S/C25H28Cl2F3N3O3S/c1-3-16(2)22-23(34)33(15-17-6-4-7-18(14-17)25(28,29)30)24(31-22)10-12-32(13-11-24)37(35,36)20-9-5-8-19(26)21(20)27/h4-9,14,16,22,31H,3,10-13,15H2,1-2H3/t16-,22-/m1/s1. The SMILES string of the molecule is CC[C@@H](C)[C@H]1NC2(CCN(S(=O)(=O)c3cccc(Cl)c3Cl)CC2)N(Cc2cccc(C(F)(F)F)c2)C1=O. The molecule has 2 aliphatic rings. The van der Waals surface area contributed by atoms with Crippen molar-refractivity contribution < 1.29 is 26.4 Å². The number of hydrogen-bond acceptors (Lipinski definition) is 4. The molecule has 0 radical (unpaired) electrons. The molecule has 37 heavy (non-hydrogen) atoms. The minimum Gasteiger partial charge on any atom is -0.319 e. The summed E-state index contributed by atoms with van der Waals surface area (Å²) < 4.78 is 67.8. The van der Waals surface area contributed by atoms with E-state index in [0.29, 0.717) is 5.56 Å². The number of benzene rings is 2. The second-order valence-electron chi connectivity index (χ2n) is 9.62. The summed E-state index contributed by atoms with van der Waals surface area (Å²) in [7, 11) is -3.95. The first-order valence-corrected chi connectivity index (χ1v) is 14.2. The van der Waals surface area contributed by atoms with Crippen molar-refractivity contribution >= 4 is 39.1 Å². The van der Waals surface area contributed by atoms with Gasteiger partial charge in [0.15, 0.2) is 0 Å². The van der Waals surface area contributed by atoms with Crippen LogP contribution in [0.25, 0.3) is 0 Å². The Bertz CT molecular complexity index is 1280. The number of halogens is 5. The summed E-state index contributed by atoms with van der Waals surface area (Å²) in [4.78, 5) is 15.0. The van der Waals surface area contributed by atoms with E-state index in [4.69, 9.17) is 23.2 Å². The number of rotatable bonds is 6. The van der Waals surface area contributed by atoms with E-state index in [1.54, 1.807) is 11.0 Å². The Hall–Kier alpha value is -1.85. The summed E-state index contributed by atoms with van der Waals surface area (Å²) in [5.41, 5.74) is -1.31. The van der Waals surface area contributed by atoms with Crippen molar-refractivity contribution in [1.29, 1.82) is 0 Å². The molecular weight excluding hydrogens is 550 g/mol. The van der Waals surface area contributed by atoms with Gasteiger partial charge in [0.1, 0.15) is 4.90 Å². The zero-order valence-electron chi connectivity index (χ0n) is 20.4. The van der Waals surface area contributed by atoms with E-state index < -0.39 is 33.5 Å². The van der Waals surface area contributed by atoms with Crippen LogP contribution in [0.15, 0.2) is 47.4 Å². The Morgan fingerprint density at radius 3 is 2.41 bits per heavy atom. The van der Waals surface area contributed by atoms with E-state index in [-0.39, 0.29) is 59.2 Å². The molecule has 202 valence electrons. The largest absolute Gasteiger partial charge is 0.416 e. The fourth-order valence-corrected chi connectivity index (χ4v) is 7.20. The molecule has 2 heterocycles. The number of piperidine rings is 1. The molecule has 0 aromatic heterocycles. The second kappa shape index (κ2) is 10.4. The minimum atomic E-state index is -4.50. The van der Waals surface area contributed by atoms with Gasteiger partial charge in [0.05, 0.1) is 27.3 Å². The van der Waals surface area contributed by atoms with Crippen LogP contribution in [0.1, 0.15) is 44.2 Å². The smallest absolute Gasteiger partial charge is 0.319 e. The molecule has 6 nitrogen and oxygen atoms in total. The summed E-state index contributed by atoms with van der Waals surface area (Å²) in [6, 6.07) is 8.84. The number of nitrogens with zero attached hydrogens (tertiary/aromatic N) is 2. The Kier molecular flexibility index (Phi) is 7.90. The summed E-state index contributed by atoms with van der Waals surface area (Å²) in [6.45, 7) is 4.08. The molecule has 2 fully saturated rings. The van der Waals surface area contributed by atoms with E-state index in [9.17, 15) is 26.4 Å². The molecule has 0 bridgehead atoms. The van der Waals surface area contributed by atoms with Crippen LogP contribution in [-0.2, 0) is 27.5 Å². The van der Waals surface area contributed by atoms with Gasteiger partial charge in [-0.25, -0.2) is 8.42 Å². The summed E-state index contributed by atoms with van der Waals surface area (Å²) in [6.07, 6.45) is -3.24. The number of nitrogens with one attached hydrogen (secondary N) is 1. The van der Waals surface area contributed by atoms with E-state index in [1.807, 2.05) is 13.8 Å². The van der Waals surface area contributed by atoms with Crippen molar-refractivity contribution in [2.24, 2.45) is 5.92 Å². The minimum absolute atomic E-state index is 0.0112. The van der Waals surface area contributed by atoms with Gasteiger partial charge in [-0.15, -0.1) is 0 Å². The molecule has 1 amide bonds. The molecular formula is C25H28Cl2F3N3O3S. The number of carbonyl (C=O) groups is 1. The van der Waals surface area contributed by atoms with Crippen LogP contribution < -0.4 is 5.32 Å². The Balaban J connectivity index is 1.62. The number of carbonyl (C=O) groups excluding carboxylic acids is 1. The van der Waals surface area contributed by atoms with Gasteiger partial charge in [-0.05, 0) is 48.6 Å². The third-order valence-corrected chi connectivity index (χ3v) is 10.2. The Morgan fingerprint density at radius 2 is 1.78 bits per heavy atom. The molecule has 2 aromatic carbocycles. The molecule has 1 N–H and O–H groups in total. The average Bonchev–Trinajstić information content (AvgIpc) is 3.11. The number of alkyl halides is 3. The lowest BCUT2D eigenvalue weighted by molar-refractivity contribution is -0.137. The van der Waals surface area contributed by atoms with Crippen molar-refractivity contribution in [2.75, 3.05) is 13.1 Å².